The second kappa shape index (κ2) is 12.3. The normalized spacial score (nSPS) is 10.5. The van der Waals surface area contributed by atoms with Gasteiger partial charge in [0.15, 0.2) is 0 Å². The first-order valence-electron chi connectivity index (χ1n) is 9.39. The molecule has 1 N–H and O–H groups in total. The van der Waals surface area contributed by atoms with Gasteiger partial charge in [-0.3, -0.25) is 9.59 Å². The standard InChI is InChI=1S/C20H33N3O3/c1-5-7-14-23(6-2)18-11-9-17(10-12-18)20(25)22(3)16-19(24)21-13-8-15-26-4/h9-12H,5-8,13-16H2,1-4H3,(H,21,24). The van der Waals surface area contributed by atoms with E-state index in [4.69, 9.17) is 4.74 Å². The molecule has 0 fully saturated rings. The van der Waals surface area contributed by atoms with Crippen LogP contribution in [0.5, 0.6) is 0 Å². The molecule has 6 heteroatoms. The van der Waals surface area contributed by atoms with E-state index in [9.17, 15) is 9.59 Å². The fraction of sp³-hybridized carbons (Fsp3) is 0.600. The summed E-state index contributed by atoms with van der Waals surface area (Å²) in [5.41, 5.74) is 1.71. The first-order chi connectivity index (χ1) is 12.5. The second-order valence-electron chi connectivity index (χ2n) is 6.34. The molecule has 0 aliphatic carbocycles. The lowest BCUT2D eigenvalue weighted by molar-refractivity contribution is -0.121. The number of amides is 2. The van der Waals surface area contributed by atoms with Gasteiger partial charge in [-0.15, -0.1) is 0 Å². The molecule has 0 saturated heterocycles. The predicted octanol–water partition coefficient (Wildman–Crippen LogP) is 2.54. The number of carbonyl (C=O) groups excluding carboxylic acids is 2. The van der Waals surface area contributed by atoms with Crippen molar-refractivity contribution in [3.8, 4) is 0 Å². The summed E-state index contributed by atoms with van der Waals surface area (Å²) >= 11 is 0. The third-order valence-corrected chi connectivity index (χ3v) is 4.22. The summed E-state index contributed by atoms with van der Waals surface area (Å²) in [6.07, 6.45) is 3.06. The highest BCUT2D eigenvalue weighted by Crippen LogP contribution is 2.16. The molecular formula is C20H33N3O3. The Kier molecular flexibility index (Phi) is 10.4. The minimum atomic E-state index is -0.162. The van der Waals surface area contributed by atoms with Crippen LogP contribution in [-0.2, 0) is 9.53 Å². The molecule has 0 unspecified atom stereocenters. The Labute approximate surface area is 157 Å². The minimum absolute atomic E-state index is 0.0468. The van der Waals surface area contributed by atoms with E-state index in [1.165, 1.54) is 4.90 Å². The maximum Gasteiger partial charge on any atom is 0.254 e. The van der Waals surface area contributed by atoms with Gasteiger partial charge in [-0.1, -0.05) is 13.3 Å². The molecular weight excluding hydrogens is 330 g/mol. The lowest BCUT2D eigenvalue weighted by atomic mass is 10.1. The maximum atomic E-state index is 12.5. The van der Waals surface area contributed by atoms with E-state index in [0.29, 0.717) is 18.7 Å². The summed E-state index contributed by atoms with van der Waals surface area (Å²) in [6.45, 7) is 7.47. The fourth-order valence-electron chi connectivity index (χ4n) is 2.64. The lowest BCUT2D eigenvalue weighted by Crippen LogP contribution is -2.38. The van der Waals surface area contributed by atoms with Crippen LogP contribution in [0, 0.1) is 0 Å². The zero-order valence-electron chi connectivity index (χ0n) is 16.6. The Balaban J connectivity index is 2.56. The molecule has 1 rings (SSSR count). The summed E-state index contributed by atoms with van der Waals surface area (Å²) in [7, 11) is 3.27. The quantitative estimate of drug-likeness (QED) is 0.580. The molecule has 0 bridgehead atoms. The number of unbranched alkanes of at least 4 members (excludes halogenated alkanes) is 1. The molecule has 146 valence electrons. The van der Waals surface area contributed by atoms with Crippen LogP contribution in [0.1, 0.15) is 43.5 Å². The van der Waals surface area contributed by atoms with Gasteiger partial charge in [0.2, 0.25) is 5.91 Å². The molecule has 6 nitrogen and oxygen atoms in total. The smallest absolute Gasteiger partial charge is 0.254 e. The molecule has 0 atom stereocenters. The lowest BCUT2D eigenvalue weighted by Gasteiger charge is -2.23. The molecule has 0 aliphatic heterocycles. The van der Waals surface area contributed by atoms with Crippen molar-refractivity contribution in [2.24, 2.45) is 0 Å². The summed E-state index contributed by atoms with van der Waals surface area (Å²) < 4.78 is 4.94. The second-order valence-corrected chi connectivity index (χ2v) is 6.34. The molecule has 0 saturated carbocycles. The summed E-state index contributed by atoms with van der Waals surface area (Å²) in [6, 6.07) is 7.62. The van der Waals surface area contributed by atoms with Crippen molar-refractivity contribution in [1.82, 2.24) is 10.2 Å². The fourth-order valence-corrected chi connectivity index (χ4v) is 2.64. The van der Waals surface area contributed by atoms with E-state index in [1.807, 2.05) is 24.3 Å². The number of methoxy groups -OCH3 is 1. The van der Waals surface area contributed by atoms with Gasteiger partial charge in [0.1, 0.15) is 0 Å². The van der Waals surface area contributed by atoms with Gasteiger partial charge >= 0.3 is 0 Å². The molecule has 0 radical (unpaired) electrons. The van der Waals surface area contributed by atoms with Crippen LogP contribution < -0.4 is 10.2 Å². The van der Waals surface area contributed by atoms with Crippen LogP contribution in [0.25, 0.3) is 0 Å². The first-order valence-corrected chi connectivity index (χ1v) is 9.39. The maximum absolute atomic E-state index is 12.5. The Hall–Kier alpha value is -2.08. The highest BCUT2D eigenvalue weighted by Gasteiger charge is 2.15. The largest absolute Gasteiger partial charge is 0.385 e. The number of likely N-dealkylation sites (N-methyl/N-ethyl adjacent to an activating group) is 1. The van der Waals surface area contributed by atoms with Crippen LogP contribution in [0.2, 0.25) is 0 Å². The third-order valence-electron chi connectivity index (χ3n) is 4.22. The van der Waals surface area contributed by atoms with Crippen molar-refractivity contribution in [2.75, 3.05) is 51.8 Å². The predicted molar refractivity (Wildman–Crippen MR) is 106 cm³/mol. The summed E-state index contributed by atoms with van der Waals surface area (Å²) in [5.74, 6) is -0.314. The number of anilines is 1. The monoisotopic (exact) mass is 363 g/mol. The van der Waals surface area contributed by atoms with Gasteiger partial charge in [0.25, 0.3) is 5.91 Å². The van der Waals surface area contributed by atoms with Crippen molar-refractivity contribution in [2.45, 2.75) is 33.1 Å². The molecule has 0 heterocycles. The van der Waals surface area contributed by atoms with Crippen LogP contribution in [-0.4, -0.2) is 63.7 Å². The molecule has 1 aromatic carbocycles. The van der Waals surface area contributed by atoms with E-state index in [2.05, 4.69) is 24.1 Å². The zero-order chi connectivity index (χ0) is 19.4. The van der Waals surface area contributed by atoms with Crippen molar-refractivity contribution in [3.63, 3.8) is 0 Å². The molecule has 1 aromatic rings. The van der Waals surface area contributed by atoms with Gasteiger partial charge in [0, 0.05) is 51.6 Å². The number of carbonyl (C=O) groups is 2. The number of benzene rings is 1. The van der Waals surface area contributed by atoms with Gasteiger partial charge in [-0.05, 0) is 44.0 Å². The van der Waals surface area contributed by atoms with Crippen molar-refractivity contribution in [3.05, 3.63) is 29.8 Å². The minimum Gasteiger partial charge on any atom is -0.385 e. The van der Waals surface area contributed by atoms with Gasteiger partial charge < -0.3 is 19.9 Å². The highest BCUT2D eigenvalue weighted by atomic mass is 16.5. The van der Waals surface area contributed by atoms with Gasteiger partial charge in [0.05, 0.1) is 6.54 Å². The average molecular weight is 364 g/mol. The van der Waals surface area contributed by atoms with Crippen molar-refractivity contribution < 1.29 is 14.3 Å². The van der Waals surface area contributed by atoms with Gasteiger partial charge in [-0.25, -0.2) is 0 Å². The Morgan fingerprint density at radius 3 is 2.38 bits per heavy atom. The van der Waals surface area contributed by atoms with Crippen LogP contribution in [0.3, 0.4) is 0 Å². The Morgan fingerprint density at radius 2 is 1.81 bits per heavy atom. The zero-order valence-corrected chi connectivity index (χ0v) is 16.6. The first kappa shape index (κ1) is 22.0. The molecule has 0 aromatic heterocycles. The molecule has 0 aliphatic rings. The third kappa shape index (κ3) is 7.44. The SMILES string of the molecule is CCCCN(CC)c1ccc(C(=O)N(C)CC(=O)NCCCOC)cc1. The van der Waals surface area contributed by atoms with E-state index >= 15 is 0 Å². The van der Waals surface area contributed by atoms with E-state index in [1.54, 1.807) is 14.2 Å². The van der Waals surface area contributed by atoms with E-state index < -0.39 is 0 Å². The molecule has 0 spiro atoms. The number of nitrogens with zero attached hydrogens (tertiary/aromatic N) is 2. The van der Waals surface area contributed by atoms with Gasteiger partial charge in [-0.2, -0.15) is 0 Å². The Bertz CT molecular complexity index is 546. The van der Waals surface area contributed by atoms with Crippen molar-refractivity contribution in [1.29, 1.82) is 0 Å². The molecule has 26 heavy (non-hydrogen) atoms. The summed E-state index contributed by atoms with van der Waals surface area (Å²) in [5, 5.41) is 2.79. The topological polar surface area (TPSA) is 61.9 Å². The molecule has 2 amide bonds. The average Bonchev–Trinajstić information content (AvgIpc) is 2.65. The van der Waals surface area contributed by atoms with Crippen LogP contribution in [0.4, 0.5) is 5.69 Å². The number of nitrogens with one attached hydrogen (secondary N) is 1. The summed E-state index contributed by atoms with van der Waals surface area (Å²) in [4.78, 5) is 28.1. The van der Waals surface area contributed by atoms with Crippen LogP contribution in [0.15, 0.2) is 24.3 Å². The Morgan fingerprint density at radius 1 is 1.12 bits per heavy atom. The van der Waals surface area contributed by atoms with Crippen molar-refractivity contribution >= 4 is 17.5 Å². The number of rotatable bonds is 12. The number of ether oxygens (including phenoxy) is 1. The highest BCUT2D eigenvalue weighted by molar-refractivity contribution is 5.96. The van der Waals surface area contributed by atoms with E-state index in [0.717, 1.165) is 38.0 Å². The van der Waals surface area contributed by atoms with E-state index in [-0.39, 0.29) is 18.4 Å². The van der Waals surface area contributed by atoms with Crippen LogP contribution >= 0.6 is 0 Å². The number of hydrogen-bond acceptors (Lipinski definition) is 4. The number of hydrogen-bond donors (Lipinski definition) is 1.